The quantitative estimate of drug-likeness (QED) is 0.215. The highest BCUT2D eigenvalue weighted by molar-refractivity contribution is 5.71. The molecule has 2 saturated heterocycles. The Bertz CT molecular complexity index is 432. The van der Waals surface area contributed by atoms with Crippen molar-refractivity contribution in [3.05, 3.63) is 12.2 Å². The summed E-state index contributed by atoms with van der Waals surface area (Å²) in [4.78, 5) is 11.4. The van der Waals surface area contributed by atoms with Crippen molar-refractivity contribution < 1.29 is 19.4 Å². The normalized spacial score (nSPS) is 25.8. The van der Waals surface area contributed by atoms with Crippen LogP contribution in [0.3, 0.4) is 0 Å². The van der Waals surface area contributed by atoms with Gasteiger partial charge in [-0.3, -0.25) is 4.79 Å². The molecule has 0 aromatic rings. The Labute approximate surface area is 172 Å². The average molecular weight is 395 g/mol. The molecule has 0 amide bonds. The molecular weight excluding hydrogens is 352 g/mol. The van der Waals surface area contributed by atoms with E-state index in [4.69, 9.17) is 9.47 Å². The molecule has 4 nitrogen and oxygen atoms in total. The summed E-state index contributed by atoms with van der Waals surface area (Å²) in [6.45, 7) is 2.24. The fourth-order valence-electron chi connectivity index (χ4n) is 4.33. The summed E-state index contributed by atoms with van der Waals surface area (Å²) in [6.07, 6.45) is 22.2. The van der Waals surface area contributed by atoms with E-state index in [1.54, 1.807) is 0 Å². The van der Waals surface area contributed by atoms with E-state index in [2.05, 4.69) is 19.1 Å². The molecule has 2 rings (SSSR count). The Morgan fingerprint density at radius 2 is 1.64 bits per heavy atom. The first-order chi connectivity index (χ1) is 13.7. The predicted octanol–water partition coefficient (Wildman–Crippen LogP) is 5.86. The molecule has 162 valence electrons. The summed E-state index contributed by atoms with van der Waals surface area (Å²) in [7, 11) is 0. The Kier molecular flexibility index (Phi) is 11.8. The maximum atomic E-state index is 11.4. The molecule has 4 atom stereocenters. The van der Waals surface area contributed by atoms with E-state index in [1.165, 1.54) is 57.8 Å². The molecule has 1 unspecified atom stereocenters. The van der Waals surface area contributed by atoms with Crippen LogP contribution in [0.4, 0.5) is 0 Å². The second-order valence-electron chi connectivity index (χ2n) is 8.71. The van der Waals surface area contributed by atoms with Crippen LogP contribution in [0.1, 0.15) is 110 Å². The van der Waals surface area contributed by atoms with Gasteiger partial charge in [-0.25, -0.2) is 0 Å². The molecule has 0 aliphatic carbocycles. The number of hydrogen-bond donors (Lipinski definition) is 1. The molecule has 4 heteroatoms. The van der Waals surface area contributed by atoms with E-state index in [9.17, 15) is 9.90 Å². The molecule has 0 aromatic carbocycles. The highest BCUT2D eigenvalue weighted by Crippen LogP contribution is 2.29. The number of hydrogen-bond acceptors (Lipinski definition) is 4. The van der Waals surface area contributed by atoms with Crippen molar-refractivity contribution in [1.82, 2.24) is 0 Å². The van der Waals surface area contributed by atoms with Crippen molar-refractivity contribution >= 4 is 5.97 Å². The van der Waals surface area contributed by atoms with Crippen LogP contribution < -0.4 is 0 Å². The van der Waals surface area contributed by atoms with Gasteiger partial charge in [0, 0.05) is 12.8 Å². The number of aliphatic hydroxyl groups excluding tert-OH is 1. The minimum Gasteiger partial charge on any atom is -0.462 e. The summed E-state index contributed by atoms with van der Waals surface area (Å²) in [5.41, 5.74) is 0. The van der Waals surface area contributed by atoms with E-state index >= 15 is 0 Å². The lowest BCUT2D eigenvalue weighted by atomic mass is 9.96. The summed E-state index contributed by atoms with van der Waals surface area (Å²) in [5.74, 6) is -0.108. The first-order valence-corrected chi connectivity index (χ1v) is 11.9. The maximum absolute atomic E-state index is 11.4. The lowest BCUT2D eigenvalue weighted by Gasteiger charge is -2.37. The zero-order valence-corrected chi connectivity index (χ0v) is 17.9. The smallest absolute Gasteiger partial charge is 0.308 e. The Morgan fingerprint density at radius 3 is 2.36 bits per heavy atom. The number of aliphatic hydroxyl groups is 1. The van der Waals surface area contributed by atoms with Crippen molar-refractivity contribution in [1.29, 1.82) is 0 Å². The van der Waals surface area contributed by atoms with Crippen molar-refractivity contribution in [3.63, 3.8) is 0 Å². The van der Waals surface area contributed by atoms with Crippen LogP contribution >= 0.6 is 0 Å². The number of carbonyl (C=O) groups is 1. The van der Waals surface area contributed by atoms with Crippen molar-refractivity contribution in [2.75, 3.05) is 0 Å². The third-order valence-corrected chi connectivity index (χ3v) is 5.98. The number of allylic oxidation sites excluding steroid dienone is 1. The van der Waals surface area contributed by atoms with Gasteiger partial charge in [-0.1, -0.05) is 76.9 Å². The minimum atomic E-state index is -0.108. The summed E-state index contributed by atoms with van der Waals surface area (Å²) in [6, 6.07) is 0. The van der Waals surface area contributed by atoms with Crippen LogP contribution in [0, 0.1) is 0 Å². The molecule has 2 bridgehead atoms. The zero-order chi connectivity index (χ0) is 20.0. The number of ether oxygens (including phenoxy) is 2. The van der Waals surface area contributed by atoms with Crippen LogP contribution in [-0.4, -0.2) is 35.5 Å². The second kappa shape index (κ2) is 14.2. The summed E-state index contributed by atoms with van der Waals surface area (Å²) >= 11 is 0. The SMILES string of the molecule is CCCCCCCC(O)CCCCCCC/C=C/[C@H]1C[C@H]2C[C@H](CC(=O)O2)O1. The third-order valence-electron chi connectivity index (χ3n) is 5.98. The highest BCUT2D eigenvalue weighted by atomic mass is 16.6. The van der Waals surface area contributed by atoms with Gasteiger partial charge in [-0.05, 0) is 25.7 Å². The van der Waals surface area contributed by atoms with Crippen LogP contribution in [0.25, 0.3) is 0 Å². The predicted molar refractivity (Wildman–Crippen MR) is 113 cm³/mol. The van der Waals surface area contributed by atoms with Gasteiger partial charge >= 0.3 is 5.97 Å². The van der Waals surface area contributed by atoms with Crippen LogP contribution in [-0.2, 0) is 14.3 Å². The molecule has 2 heterocycles. The second-order valence-corrected chi connectivity index (χ2v) is 8.71. The number of carbonyl (C=O) groups excluding carboxylic acids is 1. The highest BCUT2D eigenvalue weighted by Gasteiger charge is 2.36. The fourth-order valence-corrected chi connectivity index (χ4v) is 4.33. The number of esters is 1. The van der Waals surface area contributed by atoms with Crippen LogP contribution in [0.5, 0.6) is 0 Å². The summed E-state index contributed by atoms with van der Waals surface area (Å²) < 4.78 is 11.3. The number of fused-ring (bicyclic) bond motifs is 2. The summed E-state index contributed by atoms with van der Waals surface area (Å²) in [5, 5.41) is 10.0. The van der Waals surface area contributed by atoms with Gasteiger partial charge in [-0.15, -0.1) is 0 Å². The average Bonchev–Trinajstić information content (AvgIpc) is 2.65. The van der Waals surface area contributed by atoms with E-state index in [0.717, 1.165) is 38.5 Å². The van der Waals surface area contributed by atoms with E-state index in [1.807, 2.05) is 0 Å². The van der Waals surface area contributed by atoms with Gasteiger partial charge < -0.3 is 14.6 Å². The number of rotatable bonds is 15. The van der Waals surface area contributed by atoms with E-state index in [0.29, 0.717) is 6.42 Å². The molecule has 2 aliphatic heterocycles. The Hall–Kier alpha value is -0.870. The Balaban J connectivity index is 1.39. The van der Waals surface area contributed by atoms with Gasteiger partial charge in [0.25, 0.3) is 0 Å². The molecular formula is C24H42O4. The first-order valence-electron chi connectivity index (χ1n) is 11.9. The molecule has 0 saturated carbocycles. The molecule has 0 spiro atoms. The van der Waals surface area contributed by atoms with E-state index in [-0.39, 0.29) is 30.4 Å². The standard InChI is InChI=1S/C24H42O4/c1-2-3-4-8-11-14-20(25)15-12-9-6-5-7-10-13-16-21-17-22-18-23(27-21)19-24(26)28-22/h13,16,20-23,25H,2-12,14-15,17-19H2,1H3/b16-13+/t20?,21-,22-,23+/m0/s1. The van der Waals surface area contributed by atoms with Crippen molar-refractivity contribution in [2.24, 2.45) is 0 Å². The van der Waals surface area contributed by atoms with E-state index < -0.39 is 0 Å². The van der Waals surface area contributed by atoms with Gasteiger partial charge in [0.2, 0.25) is 0 Å². The number of unbranched alkanes of at least 4 members (excludes halogenated alkanes) is 9. The topological polar surface area (TPSA) is 55.8 Å². The molecule has 1 N–H and O–H groups in total. The van der Waals surface area contributed by atoms with Gasteiger partial charge in [-0.2, -0.15) is 0 Å². The van der Waals surface area contributed by atoms with Gasteiger partial charge in [0.05, 0.1) is 24.7 Å². The Morgan fingerprint density at radius 1 is 0.964 bits per heavy atom. The molecule has 2 fully saturated rings. The monoisotopic (exact) mass is 394 g/mol. The maximum Gasteiger partial charge on any atom is 0.308 e. The first kappa shape index (κ1) is 23.4. The lowest BCUT2D eigenvalue weighted by Crippen LogP contribution is -2.43. The lowest BCUT2D eigenvalue weighted by molar-refractivity contribution is -0.179. The van der Waals surface area contributed by atoms with Crippen LogP contribution in [0.2, 0.25) is 0 Å². The molecule has 0 aromatic heterocycles. The van der Waals surface area contributed by atoms with Crippen molar-refractivity contribution in [3.8, 4) is 0 Å². The molecule has 28 heavy (non-hydrogen) atoms. The van der Waals surface area contributed by atoms with Gasteiger partial charge in [0.15, 0.2) is 0 Å². The third kappa shape index (κ3) is 10.1. The largest absolute Gasteiger partial charge is 0.462 e. The molecule has 2 aliphatic rings. The van der Waals surface area contributed by atoms with Crippen LogP contribution in [0.15, 0.2) is 12.2 Å². The van der Waals surface area contributed by atoms with Gasteiger partial charge in [0.1, 0.15) is 6.10 Å². The van der Waals surface area contributed by atoms with Crippen molar-refractivity contribution in [2.45, 2.75) is 134 Å². The minimum absolute atomic E-state index is 0.0568. The zero-order valence-electron chi connectivity index (χ0n) is 17.9. The fraction of sp³-hybridized carbons (Fsp3) is 0.875. The molecule has 0 radical (unpaired) electrons.